The summed E-state index contributed by atoms with van der Waals surface area (Å²) in [6.45, 7) is 6.08. The summed E-state index contributed by atoms with van der Waals surface area (Å²) in [5.74, 6) is -1.00. The maximum Gasteiger partial charge on any atom is 0.129 e. The Balaban J connectivity index is 2.44. The normalized spacial score (nSPS) is 12.0. The Morgan fingerprint density at radius 1 is 1.19 bits per heavy atom. The van der Waals surface area contributed by atoms with Gasteiger partial charge in [-0.2, -0.15) is 5.26 Å². The molecule has 0 heterocycles. The Morgan fingerprint density at radius 2 is 1.81 bits per heavy atom. The second kappa shape index (κ2) is 6.28. The van der Waals surface area contributed by atoms with Crippen molar-refractivity contribution < 1.29 is 4.39 Å². The Hall–Kier alpha value is -1.85. The van der Waals surface area contributed by atoms with Crippen LogP contribution in [0.25, 0.3) is 0 Å². The third-order valence-electron chi connectivity index (χ3n) is 3.75. The van der Waals surface area contributed by atoms with Crippen LogP contribution in [-0.4, -0.2) is 0 Å². The molecule has 2 aromatic carbocycles. The fourth-order valence-electron chi connectivity index (χ4n) is 2.79. The maximum absolute atomic E-state index is 14.0. The van der Waals surface area contributed by atoms with Gasteiger partial charge in [0.2, 0.25) is 0 Å². The van der Waals surface area contributed by atoms with E-state index in [1.54, 1.807) is 12.1 Å². The van der Waals surface area contributed by atoms with E-state index in [1.165, 1.54) is 11.6 Å². The van der Waals surface area contributed by atoms with Crippen molar-refractivity contribution in [2.45, 2.75) is 33.1 Å². The van der Waals surface area contributed by atoms with Crippen LogP contribution in [0.4, 0.5) is 4.39 Å². The molecule has 0 saturated heterocycles. The minimum Gasteiger partial charge on any atom is -0.207 e. The summed E-state index contributed by atoms with van der Waals surface area (Å²) >= 11 is 6.08. The Labute approximate surface area is 130 Å². The molecule has 0 amide bonds. The monoisotopic (exact) mass is 301 g/mol. The van der Waals surface area contributed by atoms with Crippen molar-refractivity contribution in [3.63, 3.8) is 0 Å². The molecule has 0 aliphatic rings. The van der Waals surface area contributed by atoms with E-state index in [-0.39, 0.29) is 0 Å². The zero-order chi connectivity index (χ0) is 15.6. The molecule has 1 unspecified atom stereocenters. The molecule has 108 valence electrons. The third-order valence-corrected chi connectivity index (χ3v) is 4.08. The van der Waals surface area contributed by atoms with E-state index in [1.807, 2.05) is 20.8 Å². The van der Waals surface area contributed by atoms with Crippen LogP contribution in [0.5, 0.6) is 0 Å². The molecule has 0 aliphatic heterocycles. The number of aryl methyl sites for hydroxylation is 3. The predicted molar refractivity (Wildman–Crippen MR) is 84.1 cm³/mol. The van der Waals surface area contributed by atoms with E-state index in [9.17, 15) is 9.65 Å². The number of nitrogens with zero attached hydrogens (tertiary/aromatic N) is 1. The van der Waals surface area contributed by atoms with Crippen LogP contribution in [0.2, 0.25) is 5.02 Å². The number of rotatable bonds is 3. The second-order valence-corrected chi connectivity index (χ2v) is 5.81. The Kier molecular flexibility index (Phi) is 4.65. The number of nitriles is 1. The van der Waals surface area contributed by atoms with Crippen LogP contribution < -0.4 is 0 Å². The van der Waals surface area contributed by atoms with Crippen molar-refractivity contribution in [2.24, 2.45) is 0 Å². The fraction of sp³-hybridized carbons (Fsp3) is 0.278. The van der Waals surface area contributed by atoms with Gasteiger partial charge in [-0.3, -0.25) is 0 Å². The van der Waals surface area contributed by atoms with Crippen molar-refractivity contribution >= 4 is 11.6 Å². The average molecular weight is 302 g/mol. The SMILES string of the molecule is Cc1cc(C)c(CC(C#N)c2c(F)cccc2Cl)c(C)c1. The van der Waals surface area contributed by atoms with Gasteiger partial charge in [-0.1, -0.05) is 35.4 Å². The summed E-state index contributed by atoms with van der Waals surface area (Å²) < 4.78 is 14.0. The first kappa shape index (κ1) is 15.5. The molecule has 3 heteroatoms. The highest BCUT2D eigenvalue weighted by Crippen LogP contribution is 2.31. The van der Waals surface area contributed by atoms with E-state index in [0.717, 1.165) is 16.7 Å². The summed E-state index contributed by atoms with van der Waals surface area (Å²) in [6.07, 6.45) is 0.467. The van der Waals surface area contributed by atoms with Crippen molar-refractivity contribution in [1.29, 1.82) is 5.26 Å². The summed E-state index contributed by atoms with van der Waals surface area (Å²) in [7, 11) is 0. The summed E-state index contributed by atoms with van der Waals surface area (Å²) in [5, 5.41) is 9.76. The van der Waals surface area contributed by atoms with Crippen molar-refractivity contribution in [3.05, 3.63) is 69.0 Å². The lowest BCUT2D eigenvalue weighted by Gasteiger charge is -2.16. The first-order chi connectivity index (χ1) is 9.93. The highest BCUT2D eigenvalue weighted by Gasteiger charge is 2.20. The van der Waals surface area contributed by atoms with Gasteiger partial charge in [0, 0.05) is 10.6 Å². The molecule has 0 aromatic heterocycles. The van der Waals surface area contributed by atoms with Crippen LogP contribution in [0.15, 0.2) is 30.3 Å². The molecule has 1 nitrogen and oxygen atoms in total. The first-order valence-electron chi connectivity index (χ1n) is 6.84. The van der Waals surface area contributed by atoms with E-state index in [0.29, 0.717) is 17.0 Å². The molecular formula is C18H17ClFN. The quantitative estimate of drug-likeness (QED) is 0.759. The molecule has 0 bridgehead atoms. The maximum atomic E-state index is 14.0. The van der Waals surface area contributed by atoms with Crippen molar-refractivity contribution in [3.8, 4) is 6.07 Å². The summed E-state index contributed by atoms with van der Waals surface area (Å²) in [5.41, 5.74) is 4.82. The molecule has 2 aromatic rings. The van der Waals surface area contributed by atoms with Gasteiger partial charge in [0.15, 0.2) is 0 Å². The Bertz CT molecular complexity index is 672. The lowest BCUT2D eigenvalue weighted by atomic mass is 9.88. The van der Waals surface area contributed by atoms with Gasteiger partial charge in [-0.25, -0.2) is 4.39 Å². The Morgan fingerprint density at radius 3 is 2.33 bits per heavy atom. The van der Waals surface area contributed by atoms with Crippen LogP contribution in [-0.2, 0) is 6.42 Å². The van der Waals surface area contributed by atoms with E-state index in [2.05, 4.69) is 18.2 Å². The van der Waals surface area contributed by atoms with Gasteiger partial charge in [-0.15, -0.1) is 0 Å². The second-order valence-electron chi connectivity index (χ2n) is 5.40. The molecular weight excluding hydrogens is 285 g/mol. The van der Waals surface area contributed by atoms with E-state index >= 15 is 0 Å². The highest BCUT2D eigenvalue weighted by atomic mass is 35.5. The third kappa shape index (κ3) is 3.25. The molecule has 0 radical (unpaired) electrons. The molecule has 1 atom stereocenters. The average Bonchev–Trinajstić information content (AvgIpc) is 2.40. The van der Waals surface area contributed by atoms with Crippen LogP contribution in [0.1, 0.15) is 33.7 Å². The summed E-state index contributed by atoms with van der Waals surface area (Å²) in [6, 6.07) is 10.9. The fourth-order valence-corrected chi connectivity index (χ4v) is 3.09. The first-order valence-corrected chi connectivity index (χ1v) is 7.22. The number of benzene rings is 2. The minimum atomic E-state index is -0.584. The minimum absolute atomic E-state index is 0.293. The number of halogens is 2. The predicted octanol–water partition coefficient (Wildman–Crippen LogP) is 5.25. The van der Waals surface area contributed by atoms with Crippen LogP contribution in [0, 0.1) is 37.9 Å². The van der Waals surface area contributed by atoms with Gasteiger partial charge < -0.3 is 0 Å². The van der Waals surface area contributed by atoms with Gasteiger partial charge in [0.05, 0.1) is 12.0 Å². The van der Waals surface area contributed by atoms with Crippen LogP contribution >= 0.6 is 11.6 Å². The lowest BCUT2D eigenvalue weighted by molar-refractivity contribution is 0.600. The van der Waals surface area contributed by atoms with Gasteiger partial charge in [0.1, 0.15) is 5.82 Å². The smallest absolute Gasteiger partial charge is 0.129 e. The standard InChI is InChI=1S/C18H17ClFN/c1-11-7-12(2)15(13(3)8-11)9-14(10-21)18-16(19)5-4-6-17(18)20/h4-8,14H,9H2,1-3H3. The summed E-state index contributed by atoms with van der Waals surface area (Å²) in [4.78, 5) is 0. The van der Waals surface area contributed by atoms with Crippen molar-refractivity contribution in [2.75, 3.05) is 0 Å². The molecule has 0 spiro atoms. The molecule has 0 aliphatic carbocycles. The molecule has 0 fully saturated rings. The van der Waals surface area contributed by atoms with Gasteiger partial charge >= 0.3 is 0 Å². The number of hydrogen-bond acceptors (Lipinski definition) is 1. The van der Waals surface area contributed by atoms with E-state index < -0.39 is 11.7 Å². The zero-order valence-electron chi connectivity index (χ0n) is 12.4. The van der Waals surface area contributed by atoms with Crippen molar-refractivity contribution in [1.82, 2.24) is 0 Å². The molecule has 21 heavy (non-hydrogen) atoms. The molecule has 2 rings (SSSR count). The van der Waals surface area contributed by atoms with E-state index in [4.69, 9.17) is 11.6 Å². The highest BCUT2D eigenvalue weighted by molar-refractivity contribution is 6.31. The largest absolute Gasteiger partial charge is 0.207 e. The molecule has 0 N–H and O–H groups in total. The topological polar surface area (TPSA) is 23.8 Å². The lowest BCUT2D eigenvalue weighted by Crippen LogP contribution is -2.07. The molecule has 0 saturated carbocycles. The zero-order valence-corrected chi connectivity index (χ0v) is 13.1. The van der Waals surface area contributed by atoms with Crippen LogP contribution in [0.3, 0.4) is 0 Å². The number of hydrogen-bond donors (Lipinski definition) is 0. The van der Waals surface area contributed by atoms with Gasteiger partial charge in [-0.05, 0) is 56.0 Å². The van der Waals surface area contributed by atoms with Gasteiger partial charge in [0.25, 0.3) is 0 Å².